The van der Waals surface area contributed by atoms with Crippen molar-refractivity contribution < 1.29 is 4.79 Å². The fraction of sp³-hybridized carbons (Fsp3) is 0.500. The van der Waals surface area contributed by atoms with Gasteiger partial charge in [0, 0.05) is 6.54 Å². The first-order chi connectivity index (χ1) is 11.1. The van der Waals surface area contributed by atoms with Crippen LogP contribution in [0.5, 0.6) is 0 Å². The zero-order valence-corrected chi connectivity index (χ0v) is 14.2. The van der Waals surface area contributed by atoms with Crippen molar-refractivity contribution in [1.82, 2.24) is 25.5 Å². The maximum absolute atomic E-state index is 12.1. The highest BCUT2D eigenvalue weighted by molar-refractivity contribution is 8.00. The van der Waals surface area contributed by atoms with E-state index in [2.05, 4.69) is 46.8 Å². The van der Waals surface area contributed by atoms with Crippen LogP contribution in [0, 0.1) is 0 Å². The Morgan fingerprint density at radius 2 is 2.04 bits per heavy atom. The zero-order valence-electron chi connectivity index (χ0n) is 13.4. The summed E-state index contributed by atoms with van der Waals surface area (Å²) in [6, 6.07) is 8.22. The first-order valence-electron chi connectivity index (χ1n) is 7.98. The number of nitrogens with zero attached hydrogens (tertiary/aromatic N) is 4. The summed E-state index contributed by atoms with van der Waals surface area (Å²) in [4.78, 5) is 12.1. The third-order valence-electron chi connectivity index (χ3n) is 3.98. The van der Waals surface area contributed by atoms with Crippen LogP contribution in [0.25, 0.3) is 5.69 Å². The van der Waals surface area contributed by atoms with Crippen molar-refractivity contribution in [3.63, 3.8) is 0 Å². The predicted molar refractivity (Wildman–Crippen MR) is 89.7 cm³/mol. The molecule has 1 aliphatic heterocycles. The summed E-state index contributed by atoms with van der Waals surface area (Å²) >= 11 is 1.44. The smallest absolute Gasteiger partial charge is 0.233 e. The monoisotopic (exact) mass is 331 g/mol. The summed E-state index contributed by atoms with van der Waals surface area (Å²) in [5.41, 5.74) is 2.19. The molecule has 1 aromatic carbocycles. The lowest BCUT2D eigenvalue weighted by molar-refractivity contribution is -0.120. The molecule has 0 bridgehead atoms. The molecule has 1 aromatic heterocycles. The third-order valence-corrected chi connectivity index (χ3v) is 5.18. The van der Waals surface area contributed by atoms with Gasteiger partial charge in [-0.15, -0.1) is 5.10 Å². The van der Waals surface area contributed by atoms with Crippen molar-refractivity contribution in [2.24, 2.45) is 0 Å². The van der Waals surface area contributed by atoms with E-state index in [0.717, 1.165) is 31.5 Å². The summed E-state index contributed by atoms with van der Waals surface area (Å²) in [7, 11) is 0. The summed E-state index contributed by atoms with van der Waals surface area (Å²) < 4.78 is 1.70. The van der Waals surface area contributed by atoms with Crippen LogP contribution in [0.15, 0.2) is 29.4 Å². The largest absolute Gasteiger partial charge is 0.355 e. The topological polar surface area (TPSA) is 72.7 Å². The zero-order chi connectivity index (χ0) is 16.2. The standard InChI is InChI=1S/C16H21N5OS/c1-11(2)12-6-8-13(9-7-12)21-16(18-19-20-21)23-14-5-3-4-10-17-15(14)22/h6-9,11,14H,3-5,10H2,1-2H3,(H,17,22). The van der Waals surface area contributed by atoms with Crippen LogP contribution in [0.2, 0.25) is 0 Å². The van der Waals surface area contributed by atoms with Crippen molar-refractivity contribution in [3.05, 3.63) is 29.8 Å². The highest BCUT2D eigenvalue weighted by Gasteiger charge is 2.24. The number of amides is 1. The molecule has 1 N–H and O–H groups in total. The molecule has 1 saturated heterocycles. The number of aromatic nitrogens is 4. The second-order valence-corrected chi connectivity index (χ2v) is 7.18. The van der Waals surface area contributed by atoms with Gasteiger partial charge in [0.1, 0.15) is 0 Å². The molecule has 1 fully saturated rings. The second-order valence-electron chi connectivity index (χ2n) is 6.01. The molecule has 23 heavy (non-hydrogen) atoms. The van der Waals surface area contributed by atoms with Gasteiger partial charge in [-0.1, -0.05) is 44.2 Å². The Morgan fingerprint density at radius 3 is 2.78 bits per heavy atom. The lowest BCUT2D eigenvalue weighted by Crippen LogP contribution is -2.30. The molecule has 0 radical (unpaired) electrons. The minimum absolute atomic E-state index is 0.0807. The molecule has 1 amide bonds. The molecule has 0 aliphatic carbocycles. The maximum atomic E-state index is 12.1. The van der Waals surface area contributed by atoms with Gasteiger partial charge < -0.3 is 5.32 Å². The van der Waals surface area contributed by atoms with Gasteiger partial charge in [0.15, 0.2) is 0 Å². The number of hydrogen-bond acceptors (Lipinski definition) is 5. The van der Waals surface area contributed by atoms with E-state index in [-0.39, 0.29) is 11.2 Å². The van der Waals surface area contributed by atoms with E-state index in [9.17, 15) is 4.79 Å². The van der Waals surface area contributed by atoms with Crippen LogP contribution in [0.1, 0.15) is 44.6 Å². The number of thioether (sulfide) groups is 1. The number of rotatable bonds is 4. The normalized spacial score (nSPS) is 18.7. The van der Waals surface area contributed by atoms with Crippen LogP contribution in [-0.4, -0.2) is 37.9 Å². The molecule has 2 aromatic rings. The predicted octanol–water partition coefficient (Wildman–Crippen LogP) is 2.55. The Hall–Kier alpha value is -1.89. The van der Waals surface area contributed by atoms with Crippen molar-refractivity contribution in [1.29, 1.82) is 0 Å². The van der Waals surface area contributed by atoms with Crippen LogP contribution in [0.4, 0.5) is 0 Å². The number of tetrazole rings is 1. The first-order valence-corrected chi connectivity index (χ1v) is 8.86. The van der Waals surface area contributed by atoms with Crippen LogP contribution in [0.3, 0.4) is 0 Å². The van der Waals surface area contributed by atoms with Crippen LogP contribution >= 0.6 is 11.8 Å². The molecule has 0 saturated carbocycles. The Bertz CT molecular complexity index is 667. The Morgan fingerprint density at radius 1 is 1.26 bits per heavy atom. The summed E-state index contributed by atoms with van der Waals surface area (Å²) in [6.07, 6.45) is 2.93. The van der Waals surface area contributed by atoms with E-state index in [0.29, 0.717) is 11.1 Å². The lowest BCUT2D eigenvalue weighted by atomic mass is 10.0. The molecular formula is C16H21N5OS. The van der Waals surface area contributed by atoms with Gasteiger partial charge in [0.05, 0.1) is 10.9 Å². The van der Waals surface area contributed by atoms with Gasteiger partial charge in [0.2, 0.25) is 11.1 Å². The van der Waals surface area contributed by atoms with Crippen LogP contribution < -0.4 is 5.32 Å². The second kappa shape index (κ2) is 7.12. The van der Waals surface area contributed by atoms with Gasteiger partial charge in [0.25, 0.3) is 0 Å². The van der Waals surface area contributed by atoms with E-state index in [1.807, 2.05) is 12.1 Å². The van der Waals surface area contributed by atoms with Gasteiger partial charge in [-0.05, 0) is 46.9 Å². The molecule has 0 spiro atoms. The fourth-order valence-corrected chi connectivity index (χ4v) is 3.62. The summed E-state index contributed by atoms with van der Waals surface area (Å²) in [5.74, 6) is 0.568. The molecule has 122 valence electrons. The maximum Gasteiger partial charge on any atom is 0.233 e. The van der Waals surface area contributed by atoms with Gasteiger partial charge in [-0.25, -0.2) is 0 Å². The lowest BCUT2D eigenvalue weighted by Gasteiger charge is -2.12. The third kappa shape index (κ3) is 3.72. The van der Waals surface area contributed by atoms with Crippen LogP contribution in [-0.2, 0) is 4.79 Å². The van der Waals surface area contributed by atoms with Crippen molar-refractivity contribution in [3.8, 4) is 5.69 Å². The minimum Gasteiger partial charge on any atom is -0.355 e. The number of carbonyl (C=O) groups is 1. The van der Waals surface area contributed by atoms with E-state index in [1.54, 1.807) is 4.68 Å². The average Bonchev–Trinajstić information content (AvgIpc) is 2.92. The summed E-state index contributed by atoms with van der Waals surface area (Å²) in [5, 5.41) is 15.4. The van der Waals surface area contributed by atoms with E-state index in [1.165, 1.54) is 17.3 Å². The number of carbonyl (C=O) groups excluding carboxylic acids is 1. The summed E-state index contributed by atoms with van der Waals surface area (Å²) in [6.45, 7) is 5.09. The SMILES string of the molecule is CC(C)c1ccc(-n2nnnc2SC2CCCCNC2=O)cc1. The molecule has 1 aliphatic rings. The number of benzene rings is 1. The molecule has 3 rings (SSSR count). The molecular weight excluding hydrogens is 310 g/mol. The Labute approximate surface area is 140 Å². The Balaban J connectivity index is 1.80. The van der Waals surface area contributed by atoms with Crippen molar-refractivity contribution >= 4 is 17.7 Å². The quantitative estimate of drug-likeness (QED) is 0.932. The number of nitrogens with one attached hydrogen (secondary N) is 1. The molecule has 1 unspecified atom stereocenters. The van der Waals surface area contributed by atoms with E-state index >= 15 is 0 Å². The first kappa shape index (κ1) is 16.0. The molecule has 1 atom stereocenters. The van der Waals surface area contributed by atoms with Crippen molar-refractivity contribution in [2.75, 3.05) is 6.54 Å². The van der Waals surface area contributed by atoms with Gasteiger partial charge in [-0.3, -0.25) is 4.79 Å². The van der Waals surface area contributed by atoms with Gasteiger partial charge >= 0.3 is 0 Å². The fourth-order valence-electron chi connectivity index (χ4n) is 2.57. The minimum atomic E-state index is -0.128. The highest BCUT2D eigenvalue weighted by Crippen LogP contribution is 2.28. The molecule has 6 nitrogen and oxygen atoms in total. The van der Waals surface area contributed by atoms with E-state index < -0.39 is 0 Å². The average molecular weight is 331 g/mol. The molecule has 2 heterocycles. The highest BCUT2D eigenvalue weighted by atomic mass is 32.2. The van der Waals surface area contributed by atoms with E-state index in [4.69, 9.17) is 0 Å². The van der Waals surface area contributed by atoms with Crippen molar-refractivity contribution in [2.45, 2.75) is 49.4 Å². The number of hydrogen-bond donors (Lipinski definition) is 1. The van der Waals surface area contributed by atoms with Gasteiger partial charge in [-0.2, -0.15) is 4.68 Å². The molecule has 7 heteroatoms. The Kier molecular flexibility index (Phi) is 4.95.